The van der Waals surface area contributed by atoms with Crippen molar-refractivity contribution in [1.82, 2.24) is 10.2 Å². The van der Waals surface area contributed by atoms with Crippen molar-refractivity contribution in [3.63, 3.8) is 0 Å². The van der Waals surface area contributed by atoms with Gasteiger partial charge in [-0.1, -0.05) is 27.7 Å². The summed E-state index contributed by atoms with van der Waals surface area (Å²) >= 11 is 0. The fourth-order valence-electron chi connectivity index (χ4n) is 2.32. The first-order valence-electron chi connectivity index (χ1n) is 6.59. The highest BCUT2D eigenvalue weighted by Crippen LogP contribution is 2.24. The number of nitrogens with one attached hydrogen (secondary N) is 1. The molecule has 1 heterocycles. The zero-order valence-electron chi connectivity index (χ0n) is 11.1. The molecule has 3 heteroatoms. The quantitative estimate of drug-likeness (QED) is 0.750. The number of likely N-dealkylation sites (tertiary alicyclic amines) is 1. The molecule has 94 valence electrons. The smallest absolute Gasteiger partial charge is 0.222 e. The van der Waals surface area contributed by atoms with Crippen LogP contribution in [0.1, 0.15) is 40.5 Å². The lowest BCUT2D eigenvalue weighted by atomic mass is 9.95. The minimum absolute atomic E-state index is 0.343. The Kier molecular flexibility index (Phi) is 5.26. The molecule has 2 atom stereocenters. The zero-order chi connectivity index (χ0) is 12.1. The average molecular weight is 226 g/mol. The number of carbonyl (C=O) groups excluding carboxylic acids is 1. The van der Waals surface area contributed by atoms with Gasteiger partial charge in [-0.25, -0.2) is 0 Å². The van der Waals surface area contributed by atoms with E-state index in [9.17, 15) is 4.79 Å². The topological polar surface area (TPSA) is 32.3 Å². The first-order chi connectivity index (χ1) is 7.58. The Hall–Kier alpha value is -0.570. The van der Waals surface area contributed by atoms with Crippen LogP contribution in [0.5, 0.6) is 0 Å². The SMILES string of the molecule is CCNC(CC)CN1CC(C(C)C)CC1=O. The van der Waals surface area contributed by atoms with Crippen LogP contribution in [0.4, 0.5) is 0 Å². The molecule has 0 aromatic carbocycles. The van der Waals surface area contributed by atoms with Gasteiger partial charge < -0.3 is 10.2 Å². The van der Waals surface area contributed by atoms with Crippen LogP contribution < -0.4 is 5.32 Å². The van der Waals surface area contributed by atoms with E-state index in [0.29, 0.717) is 23.8 Å². The molecule has 16 heavy (non-hydrogen) atoms. The predicted octanol–water partition coefficient (Wildman–Crippen LogP) is 1.88. The van der Waals surface area contributed by atoms with Crippen LogP contribution in [0, 0.1) is 11.8 Å². The van der Waals surface area contributed by atoms with Crippen molar-refractivity contribution >= 4 is 5.91 Å². The van der Waals surface area contributed by atoms with Crippen molar-refractivity contribution in [2.75, 3.05) is 19.6 Å². The van der Waals surface area contributed by atoms with E-state index in [-0.39, 0.29) is 0 Å². The Morgan fingerprint density at radius 2 is 2.12 bits per heavy atom. The van der Waals surface area contributed by atoms with Gasteiger partial charge in [0.1, 0.15) is 0 Å². The normalized spacial score (nSPS) is 23.2. The number of carbonyl (C=O) groups is 1. The summed E-state index contributed by atoms with van der Waals surface area (Å²) in [6.45, 7) is 11.5. The number of nitrogens with zero attached hydrogens (tertiary/aromatic N) is 1. The van der Waals surface area contributed by atoms with E-state index >= 15 is 0 Å². The highest BCUT2D eigenvalue weighted by atomic mass is 16.2. The third-order valence-electron chi connectivity index (χ3n) is 3.61. The van der Waals surface area contributed by atoms with Crippen LogP contribution in [0.25, 0.3) is 0 Å². The lowest BCUT2D eigenvalue weighted by Crippen LogP contribution is -2.41. The third-order valence-corrected chi connectivity index (χ3v) is 3.61. The number of hydrogen-bond donors (Lipinski definition) is 1. The van der Waals surface area contributed by atoms with Gasteiger partial charge in [0.05, 0.1) is 0 Å². The second-order valence-electron chi connectivity index (χ2n) is 5.17. The molecule has 2 unspecified atom stereocenters. The summed E-state index contributed by atoms with van der Waals surface area (Å²) in [5.41, 5.74) is 0. The second kappa shape index (κ2) is 6.24. The summed E-state index contributed by atoms with van der Waals surface area (Å²) in [5, 5.41) is 3.43. The second-order valence-corrected chi connectivity index (χ2v) is 5.17. The Bertz CT molecular complexity index is 228. The van der Waals surface area contributed by atoms with Crippen LogP contribution in [-0.2, 0) is 4.79 Å². The van der Waals surface area contributed by atoms with Gasteiger partial charge in [0, 0.05) is 25.6 Å². The Balaban J connectivity index is 2.45. The van der Waals surface area contributed by atoms with E-state index in [0.717, 1.165) is 32.5 Å². The molecule has 3 nitrogen and oxygen atoms in total. The number of hydrogen-bond acceptors (Lipinski definition) is 2. The van der Waals surface area contributed by atoms with Gasteiger partial charge in [0.15, 0.2) is 0 Å². The molecular formula is C13H26N2O. The number of amides is 1. The molecule has 1 N–H and O–H groups in total. The van der Waals surface area contributed by atoms with Crippen molar-refractivity contribution in [2.45, 2.75) is 46.6 Å². The van der Waals surface area contributed by atoms with Gasteiger partial charge in [-0.2, -0.15) is 0 Å². The fourth-order valence-corrected chi connectivity index (χ4v) is 2.32. The van der Waals surface area contributed by atoms with Crippen LogP contribution >= 0.6 is 0 Å². The fraction of sp³-hybridized carbons (Fsp3) is 0.923. The predicted molar refractivity (Wildman–Crippen MR) is 67.3 cm³/mol. The third kappa shape index (κ3) is 3.48. The van der Waals surface area contributed by atoms with Crippen LogP contribution in [0.3, 0.4) is 0 Å². The van der Waals surface area contributed by atoms with Gasteiger partial charge in [0.2, 0.25) is 5.91 Å². The van der Waals surface area contributed by atoms with E-state index in [1.165, 1.54) is 0 Å². The molecule has 1 amide bonds. The van der Waals surface area contributed by atoms with Gasteiger partial charge in [-0.15, -0.1) is 0 Å². The van der Waals surface area contributed by atoms with Crippen molar-refractivity contribution in [3.05, 3.63) is 0 Å². The molecule has 1 rings (SSSR count). The molecule has 1 saturated heterocycles. The number of likely N-dealkylation sites (N-methyl/N-ethyl adjacent to an activating group) is 1. The van der Waals surface area contributed by atoms with Gasteiger partial charge in [-0.05, 0) is 24.8 Å². The molecule has 1 fully saturated rings. The minimum Gasteiger partial charge on any atom is -0.341 e. The maximum Gasteiger partial charge on any atom is 0.222 e. The van der Waals surface area contributed by atoms with Gasteiger partial charge in [-0.3, -0.25) is 4.79 Å². The Morgan fingerprint density at radius 1 is 1.44 bits per heavy atom. The summed E-state index contributed by atoms with van der Waals surface area (Å²) in [4.78, 5) is 13.9. The summed E-state index contributed by atoms with van der Waals surface area (Å²) < 4.78 is 0. The first kappa shape index (κ1) is 13.5. The first-order valence-corrected chi connectivity index (χ1v) is 6.59. The largest absolute Gasteiger partial charge is 0.341 e. The molecule has 0 radical (unpaired) electrons. The van der Waals surface area contributed by atoms with E-state index < -0.39 is 0 Å². The van der Waals surface area contributed by atoms with E-state index in [4.69, 9.17) is 0 Å². The van der Waals surface area contributed by atoms with Gasteiger partial charge in [0.25, 0.3) is 0 Å². The maximum atomic E-state index is 11.8. The van der Waals surface area contributed by atoms with Crippen LogP contribution in [0.2, 0.25) is 0 Å². The Labute approximate surface area is 99.6 Å². The zero-order valence-corrected chi connectivity index (χ0v) is 11.1. The summed E-state index contributed by atoms with van der Waals surface area (Å²) in [6.07, 6.45) is 1.84. The molecule has 0 aromatic heterocycles. The van der Waals surface area contributed by atoms with Crippen LogP contribution in [0.15, 0.2) is 0 Å². The average Bonchev–Trinajstić information content (AvgIpc) is 2.60. The monoisotopic (exact) mass is 226 g/mol. The molecule has 0 bridgehead atoms. The van der Waals surface area contributed by atoms with Crippen LogP contribution in [-0.4, -0.2) is 36.5 Å². The summed E-state index contributed by atoms with van der Waals surface area (Å²) in [6, 6.07) is 0.458. The molecule has 1 aliphatic rings. The summed E-state index contributed by atoms with van der Waals surface area (Å²) in [5.74, 6) is 1.52. The van der Waals surface area contributed by atoms with Crippen molar-refractivity contribution in [1.29, 1.82) is 0 Å². The van der Waals surface area contributed by atoms with Crippen molar-refractivity contribution in [2.24, 2.45) is 11.8 Å². The molecule has 0 spiro atoms. The molecule has 0 aliphatic carbocycles. The Morgan fingerprint density at radius 3 is 2.56 bits per heavy atom. The highest BCUT2D eigenvalue weighted by molar-refractivity contribution is 5.78. The van der Waals surface area contributed by atoms with Crippen molar-refractivity contribution < 1.29 is 4.79 Å². The lowest BCUT2D eigenvalue weighted by molar-refractivity contribution is -0.128. The molecular weight excluding hydrogens is 200 g/mol. The van der Waals surface area contributed by atoms with Crippen molar-refractivity contribution in [3.8, 4) is 0 Å². The standard InChI is InChI=1S/C13H26N2O/c1-5-12(14-6-2)9-15-8-11(10(3)4)7-13(15)16/h10-12,14H,5-9H2,1-4H3. The molecule has 1 aliphatic heterocycles. The van der Waals surface area contributed by atoms with E-state index in [2.05, 4.69) is 33.0 Å². The van der Waals surface area contributed by atoms with E-state index in [1.807, 2.05) is 4.90 Å². The summed E-state index contributed by atoms with van der Waals surface area (Å²) in [7, 11) is 0. The highest BCUT2D eigenvalue weighted by Gasteiger charge is 2.31. The number of rotatable bonds is 6. The minimum atomic E-state index is 0.343. The van der Waals surface area contributed by atoms with Gasteiger partial charge >= 0.3 is 0 Å². The molecule has 0 saturated carbocycles. The maximum absolute atomic E-state index is 11.8. The lowest BCUT2D eigenvalue weighted by Gasteiger charge is -2.24. The molecule has 0 aromatic rings. The van der Waals surface area contributed by atoms with E-state index in [1.54, 1.807) is 0 Å².